The van der Waals surface area contributed by atoms with Crippen molar-refractivity contribution in [3.05, 3.63) is 78.2 Å². The molecule has 2 aliphatic rings. The SMILES string of the molecule is C#CCN.C#CCN(C(=O)c1ccccc1I)C(C(=O)NCCCC)C1CCCC1.O=C(O)c1ccccc1I.O=CC1CCCC1.[C-]#[N+]CCCC. The number of halogens is 2. The fraction of sp³-hybridized carbons (Fsp3) is 0.500. The summed E-state index contributed by atoms with van der Waals surface area (Å²) in [6.07, 6.45) is 24.4. The molecule has 2 fully saturated rings. The first-order valence-electron chi connectivity index (χ1n) is 18.2. The van der Waals surface area contributed by atoms with Gasteiger partial charge in [-0.2, -0.15) is 0 Å². The van der Waals surface area contributed by atoms with Crippen LogP contribution in [0.2, 0.25) is 0 Å². The molecule has 1 unspecified atom stereocenters. The molecule has 11 heteroatoms. The number of carbonyl (C=O) groups excluding carboxylic acids is 3. The molecule has 2 aromatic carbocycles. The molecule has 0 bridgehead atoms. The lowest BCUT2D eigenvalue weighted by molar-refractivity contribution is -0.127. The van der Waals surface area contributed by atoms with Crippen LogP contribution in [-0.4, -0.2) is 66.3 Å². The van der Waals surface area contributed by atoms with Gasteiger partial charge in [0.05, 0.1) is 24.2 Å². The lowest BCUT2D eigenvalue weighted by Gasteiger charge is -2.33. The second kappa shape index (κ2) is 32.0. The van der Waals surface area contributed by atoms with Gasteiger partial charge in [-0.25, -0.2) is 11.4 Å². The summed E-state index contributed by atoms with van der Waals surface area (Å²) in [6.45, 7) is 12.3. The van der Waals surface area contributed by atoms with Crippen LogP contribution in [0.1, 0.15) is 112 Å². The van der Waals surface area contributed by atoms with Crippen LogP contribution in [-0.2, 0) is 9.59 Å². The second-order valence-corrected chi connectivity index (χ2v) is 14.7. The van der Waals surface area contributed by atoms with Gasteiger partial charge in [-0.05, 0) is 114 Å². The van der Waals surface area contributed by atoms with Crippen molar-refractivity contribution in [1.29, 1.82) is 0 Å². The fourth-order valence-corrected chi connectivity index (χ4v) is 6.76. The molecule has 0 aliphatic heterocycles. The molecule has 2 saturated carbocycles. The largest absolute Gasteiger partial charge is 0.478 e. The van der Waals surface area contributed by atoms with E-state index in [1.165, 1.54) is 12.8 Å². The van der Waals surface area contributed by atoms with Crippen LogP contribution in [0.25, 0.3) is 4.85 Å². The molecule has 0 heterocycles. The Hall–Kier alpha value is -3.45. The first-order valence-corrected chi connectivity index (χ1v) is 20.4. The van der Waals surface area contributed by atoms with Gasteiger partial charge in [0.15, 0.2) is 0 Å². The zero-order chi connectivity index (χ0) is 39.9. The van der Waals surface area contributed by atoms with E-state index in [2.05, 4.69) is 64.9 Å². The Bertz CT molecular complexity index is 1490. The highest BCUT2D eigenvalue weighted by Crippen LogP contribution is 2.31. The standard InChI is InChI=1S/C21H27IN2O2.C7H5IO2.C6H10O.C5H9N.C3H5N/c1-3-5-14-23-20(25)19(16-10-6-7-11-16)24(15-4-2)21(26)17-12-8-9-13-18(17)22;8-6-4-2-1-3-5(6)7(9)10;7-5-6-3-1-2-4-6;1-3-4-5-6-2;1-2-3-4/h2,8-9,12-13,16,19H,3,5-7,10-11,14-15H2,1H3,(H,23,25);1-4H,(H,9,10);5-6H,1-4H2;3-5H2,1H3;1H,3-4H2. The maximum atomic E-state index is 13.2. The third-order valence-corrected chi connectivity index (χ3v) is 10.2. The molecule has 2 aliphatic carbocycles. The van der Waals surface area contributed by atoms with Crippen LogP contribution < -0.4 is 11.1 Å². The van der Waals surface area contributed by atoms with Crippen molar-refractivity contribution in [1.82, 2.24) is 10.2 Å². The number of hydrogen-bond acceptors (Lipinski definition) is 5. The third-order valence-electron chi connectivity index (χ3n) is 8.34. The molecule has 0 radical (unpaired) electrons. The van der Waals surface area contributed by atoms with E-state index in [1.54, 1.807) is 29.2 Å². The quantitative estimate of drug-likeness (QED) is 0.0643. The third kappa shape index (κ3) is 21.1. The zero-order valence-corrected chi connectivity index (χ0v) is 35.5. The van der Waals surface area contributed by atoms with Gasteiger partial charge in [-0.1, -0.05) is 82.1 Å². The average molecular weight is 951 g/mol. The maximum Gasteiger partial charge on any atom is 0.336 e. The van der Waals surface area contributed by atoms with Gasteiger partial charge in [0.25, 0.3) is 5.91 Å². The summed E-state index contributed by atoms with van der Waals surface area (Å²) in [7, 11) is 0. The van der Waals surface area contributed by atoms with E-state index < -0.39 is 12.0 Å². The number of carboxylic acids is 1. The molecule has 0 spiro atoms. The topological polar surface area (TPSA) is 134 Å². The van der Waals surface area contributed by atoms with E-state index in [9.17, 15) is 19.2 Å². The lowest BCUT2D eigenvalue weighted by atomic mass is 9.94. The Balaban J connectivity index is 0.000000807. The average Bonchev–Trinajstić information content (AvgIpc) is 3.90. The summed E-state index contributed by atoms with van der Waals surface area (Å²) in [5, 5.41) is 11.6. The number of nitrogens with two attached hydrogens (primary N) is 1. The summed E-state index contributed by atoms with van der Waals surface area (Å²) in [6, 6.07) is 13.8. The summed E-state index contributed by atoms with van der Waals surface area (Å²) in [5.74, 6) is 4.29. The summed E-state index contributed by atoms with van der Waals surface area (Å²) >= 11 is 4.15. The van der Waals surface area contributed by atoms with E-state index in [1.807, 2.05) is 46.9 Å². The van der Waals surface area contributed by atoms with Crippen LogP contribution in [0, 0.1) is 50.2 Å². The van der Waals surface area contributed by atoms with Crippen molar-refractivity contribution >= 4 is 69.3 Å². The van der Waals surface area contributed by atoms with Crippen LogP contribution in [0.5, 0.6) is 0 Å². The Labute approximate surface area is 345 Å². The Morgan fingerprint density at radius 3 is 1.83 bits per heavy atom. The minimum atomic E-state index is -0.870. The number of carbonyl (C=O) groups is 4. The minimum absolute atomic E-state index is 0.0695. The molecule has 2 aromatic rings. The number of benzene rings is 2. The Kier molecular flexibility index (Phi) is 29.9. The van der Waals surface area contributed by atoms with Gasteiger partial charge in [0.2, 0.25) is 12.5 Å². The maximum absolute atomic E-state index is 13.2. The first kappa shape index (κ1) is 49.6. The normalized spacial score (nSPS) is 13.5. The van der Waals surface area contributed by atoms with Crippen LogP contribution in [0.15, 0.2) is 48.5 Å². The molecule has 9 nitrogen and oxygen atoms in total. The number of aromatic carboxylic acids is 1. The number of hydrogen-bond donors (Lipinski definition) is 3. The number of aldehydes is 1. The number of unbranched alkanes of at least 4 members (excludes halogenated alkanes) is 2. The van der Waals surface area contributed by atoms with E-state index >= 15 is 0 Å². The number of rotatable bonds is 12. The number of nitrogens with one attached hydrogen (secondary N) is 1. The summed E-state index contributed by atoms with van der Waals surface area (Å²) < 4.78 is 1.64. The molecule has 288 valence electrons. The molecule has 53 heavy (non-hydrogen) atoms. The Morgan fingerprint density at radius 2 is 1.45 bits per heavy atom. The van der Waals surface area contributed by atoms with E-state index in [0.717, 1.165) is 77.6 Å². The van der Waals surface area contributed by atoms with Crippen molar-refractivity contribution in [2.75, 3.05) is 26.2 Å². The van der Waals surface area contributed by atoms with Crippen molar-refractivity contribution in [3.63, 3.8) is 0 Å². The smallest absolute Gasteiger partial charge is 0.336 e. The summed E-state index contributed by atoms with van der Waals surface area (Å²) in [5.41, 5.74) is 5.76. The Morgan fingerprint density at radius 1 is 0.943 bits per heavy atom. The predicted molar refractivity (Wildman–Crippen MR) is 231 cm³/mol. The highest BCUT2D eigenvalue weighted by Gasteiger charge is 2.38. The van der Waals surface area contributed by atoms with Gasteiger partial charge in [-0.3, -0.25) is 9.59 Å². The molecule has 0 saturated heterocycles. The van der Waals surface area contributed by atoms with Gasteiger partial charge < -0.3 is 30.7 Å². The summed E-state index contributed by atoms with van der Waals surface area (Å²) in [4.78, 5) is 51.4. The zero-order valence-electron chi connectivity index (χ0n) is 31.2. The molecule has 2 amide bonds. The van der Waals surface area contributed by atoms with Crippen LogP contribution >= 0.6 is 45.2 Å². The minimum Gasteiger partial charge on any atom is -0.478 e. The van der Waals surface area contributed by atoms with Crippen LogP contribution in [0.4, 0.5) is 0 Å². The lowest BCUT2D eigenvalue weighted by Crippen LogP contribution is -2.53. The predicted octanol–water partition coefficient (Wildman–Crippen LogP) is 8.49. The fourth-order valence-electron chi connectivity index (χ4n) is 5.53. The van der Waals surface area contributed by atoms with Crippen molar-refractivity contribution in [2.45, 2.75) is 96.9 Å². The van der Waals surface area contributed by atoms with Crippen molar-refractivity contribution in [3.8, 4) is 24.7 Å². The van der Waals surface area contributed by atoms with E-state index in [4.69, 9.17) is 23.8 Å². The van der Waals surface area contributed by atoms with E-state index in [0.29, 0.717) is 36.7 Å². The number of terminal acetylenes is 2. The molecule has 4 N–H and O–H groups in total. The molecule has 1 atom stereocenters. The monoisotopic (exact) mass is 950 g/mol. The van der Waals surface area contributed by atoms with Gasteiger partial charge >= 0.3 is 5.97 Å². The highest BCUT2D eigenvalue weighted by molar-refractivity contribution is 14.1. The van der Waals surface area contributed by atoms with Crippen molar-refractivity contribution < 1.29 is 24.3 Å². The van der Waals surface area contributed by atoms with Gasteiger partial charge in [0, 0.05) is 26.0 Å². The van der Waals surface area contributed by atoms with Crippen molar-refractivity contribution in [2.24, 2.45) is 17.6 Å². The molecule has 0 aromatic heterocycles. The number of carboxylic acid groups (broad SMARTS) is 1. The van der Waals surface area contributed by atoms with Crippen LogP contribution in [0.3, 0.4) is 0 Å². The second-order valence-electron chi connectivity index (χ2n) is 12.4. The number of nitrogens with zero attached hydrogens (tertiary/aromatic N) is 2. The first-order chi connectivity index (χ1) is 25.6. The molecular formula is C42H56I2N4O5. The highest BCUT2D eigenvalue weighted by atomic mass is 127. The molecular weight excluding hydrogens is 894 g/mol. The van der Waals surface area contributed by atoms with E-state index in [-0.39, 0.29) is 24.3 Å². The molecule has 4 rings (SSSR count). The van der Waals surface area contributed by atoms with Gasteiger partial charge in [0.1, 0.15) is 12.3 Å². The van der Waals surface area contributed by atoms with Gasteiger partial charge in [-0.15, -0.1) is 12.8 Å². The number of amides is 2.